The van der Waals surface area contributed by atoms with Gasteiger partial charge in [-0.15, -0.1) is 10.2 Å². The molecule has 0 unspecified atom stereocenters. The van der Waals surface area contributed by atoms with Gasteiger partial charge in [0.15, 0.2) is 5.16 Å². The SMILES string of the molecule is c1ccc2c(c1)-c1ccccc1C2Sc1nnc(C2CC2)n1C1CC1. The zero-order valence-electron chi connectivity index (χ0n) is 13.9. The van der Waals surface area contributed by atoms with Crippen molar-refractivity contribution in [2.75, 3.05) is 0 Å². The highest BCUT2D eigenvalue weighted by Crippen LogP contribution is 2.53. The molecule has 0 spiro atoms. The standard InChI is InChI=1S/C21H19N3S/c1-3-7-17-15(5-1)16-6-2-4-8-18(16)19(17)25-21-23-22-20(13-9-10-13)24(21)14-11-12-14/h1-8,13-14,19H,9-12H2. The molecule has 2 aromatic carbocycles. The Morgan fingerprint density at radius 2 is 1.44 bits per heavy atom. The highest BCUT2D eigenvalue weighted by molar-refractivity contribution is 7.99. The number of aromatic nitrogens is 3. The number of nitrogens with zero attached hydrogens (tertiary/aromatic N) is 3. The molecule has 4 heteroatoms. The highest BCUT2D eigenvalue weighted by atomic mass is 32.2. The van der Waals surface area contributed by atoms with Gasteiger partial charge in [-0.3, -0.25) is 0 Å². The molecule has 0 radical (unpaired) electrons. The van der Waals surface area contributed by atoms with Crippen LogP contribution in [0.3, 0.4) is 0 Å². The Morgan fingerprint density at radius 1 is 0.800 bits per heavy atom. The topological polar surface area (TPSA) is 30.7 Å². The Labute approximate surface area is 151 Å². The molecule has 3 aliphatic carbocycles. The van der Waals surface area contributed by atoms with E-state index in [1.165, 1.54) is 53.8 Å². The lowest BCUT2D eigenvalue weighted by atomic mass is 10.1. The largest absolute Gasteiger partial charge is 0.303 e. The Kier molecular flexibility index (Phi) is 2.95. The van der Waals surface area contributed by atoms with E-state index in [1.54, 1.807) is 0 Å². The molecule has 0 N–H and O–H groups in total. The predicted octanol–water partition coefficient (Wildman–Crippen LogP) is 5.35. The zero-order chi connectivity index (χ0) is 16.4. The predicted molar refractivity (Wildman–Crippen MR) is 99.8 cm³/mol. The lowest BCUT2D eigenvalue weighted by Crippen LogP contribution is -2.03. The van der Waals surface area contributed by atoms with Crippen LogP contribution in [0.4, 0.5) is 0 Å². The molecule has 3 nitrogen and oxygen atoms in total. The molecule has 2 saturated carbocycles. The molecule has 0 bridgehead atoms. The average Bonchev–Trinajstić information content (AvgIpc) is 3.59. The van der Waals surface area contributed by atoms with Crippen LogP contribution in [0.5, 0.6) is 0 Å². The van der Waals surface area contributed by atoms with E-state index in [4.69, 9.17) is 0 Å². The maximum absolute atomic E-state index is 4.62. The van der Waals surface area contributed by atoms with Gasteiger partial charge >= 0.3 is 0 Å². The van der Waals surface area contributed by atoms with Crippen molar-refractivity contribution in [2.24, 2.45) is 0 Å². The van der Waals surface area contributed by atoms with Gasteiger partial charge in [0.2, 0.25) is 0 Å². The smallest absolute Gasteiger partial charge is 0.192 e. The summed E-state index contributed by atoms with van der Waals surface area (Å²) in [6.07, 6.45) is 5.13. The molecule has 3 aromatic rings. The molecule has 1 heterocycles. The molecule has 0 aliphatic heterocycles. The van der Waals surface area contributed by atoms with Crippen LogP contribution in [0, 0.1) is 0 Å². The summed E-state index contributed by atoms with van der Waals surface area (Å²) in [5.41, 5.74) is 5.56. The Morgan fingerprint density at radius 3 is 2.04 bits per heavy atom. The normalized spacial score (nSPS) is 19.0. The maximum atomic E-state index is 4.62. The average molecular weight is 345 g/mol. The van der Waals surface area contributed by atoms with Crippen molar-refractivity contribution >= 4 is 11.8 Å². The summed E-state index contributed by atoms with van der Waals surface area (Å²) in [6.45, 7) is 0. The number of hydrogen-bond acceptors (Lipinski definition) is 3. The van der Waals surface area contributed by atoms with Crippen LogP contribution < -0.4 is 0 Å². The fourth-order valence-corrected chi connectivity index (χ4v) is 5.33. The van der Waals surface area contributed by atoms with Gasteiger partial charge < -0.3 is 4.57 Å². The number of fused-ring (bicyclic) bond motifs is 3. The Bertz CT molecular complexity index is 923. The molecule has 1 aromatic heterocycles. The summed E-state index contributed by atoms with van der Waals surface area (Å²) in [4.78, 5) is 0. The molecule has 25 heavy (non-hydrogen) atoms. The van der Waals surface area contributed by atoms with E-state index in [1.807, 2.05) is 11.8 Å². The fraction of sp³-hybridized carbons (Fsp3) is 0.333. The summed E-state index contributed by atoms with van der Waals surface area (Å²) < 4.78 is 2.46. The van der Waals surface area contributed by atoms with E-state index in [-0.39, 0.29) is 0 Å². The first-order valence-corrected chi connectivity index (χ1v) is 10.1. The summed E-state index contributed by atoms with van der Waals surface area (Å²) >= 11 is 1.89. The van der Waals surface area contributed by atoms with E-state index < -0.39 is 0 Å². The van der Waals surface area contributed by atoms with Gasteiger partial charge in [0.25, 0.3) is 0 Å². The minimum Gasteiger partial charge on any atom is -0.303 e. The first-order chi connectivity index (χ1) is 12.4. The highest BCUT2D eigenvalue weighted by Gasteiger charge is 2.38. The quantitative estimate of drug-likeness (QED) is 0.638. The first-order valence-electron chi connectivity index (χ1n) is 9.20. The molecule has 124 valence electrons. The summed E-state index contributed by atoms with van der Waals surface area (Å²) in [7, 11) is 0. The van der Waals surface area contributed by atoms with Crippen molar-refractivity contribution < 1.29 is 0 Å². The van der Waals surface area contributed by atoms with Crippen molar-refractivity contribution in [3.05, 3.63) is 65.5 Å². The molecule has 2 fully saturated rings. The lowest BCUT2D eigenvalue weighted by Gasteiger charge is -2.14. The van der Waals surface area contributed by atoms with E-state index in [0.29, 0.717) is 17.2 Å². The Balaban J connectivity index is 1.45. The van der Waals surface area contributed by atoms with Crippen LogP contribution in [0.2, 0.25) is 0 Å². The minimum absolute atomic E-state index is 0.321. The Hall–Kier alpha value is -2.07. The monoisotopic (exact) mass is 345 g/mol. The second-order valence-corrected chi connectivity index (χ2v) is 8.46. The van der Waals surface area contributed by atoms with Gasteiger partial charge in [0.1, 0.15) is 5.82 Å². The van der Waals surface area contributed by atoms with Crippen molar-refractivity contribution in [2.45, 2.75) is 48.0 Å². The van der Waals surface area contributed by atoms with Crippen LogP contribution in [0.1, 0.15) is 59.8 Å². The summed E-state index contributed by atoms with van der Waals surface area (Å²) in [5, 5.41) is 10.6. The number of rotatable bonds is 4. The van der Waals surface area contributed by atoms with Crippen LogP contribution in [0.15, 0.2) is 53.7 Å². The van der Waals surface area contributed by atoms with Gasteiger partial charge in [0, 0.05) is 12.0 Å². The van der Waals surface area contributed by atoms with E-state index in [2.05, 4.69) is 63.3 Å². The number of thioether (sulfide) groups is 1. The molecular formula is C21H19N3S. The third-order valence-electron chi connectivity index (χ3n) is 5.55. The molecule has 0 saturated heterocycles. The van der Waals surface area contributed by atoms with Gasteiger partial charge in [-0.2, -0.15) is 0 Å². The molecular weight excluding hydrogens is 326 g/mol. The van der Waals surface area contributed by atoms with Crippen molar-refractivity contribution in [1.29, 1.82) is 0 Å². The van der Waals surface area contributed by atoms with Crippen molar-refractivity contribution in [3.63, 3.8) is 0 Å². The van der Waals surface area contributed by atoms with Crippen molar-refractivity contribution in [1.82, 2.24) is 14.8 Å². The molecule has 6 rings (SSSR count). The van der Waals surface area contributed by atoms with Crippen molar-refractivity contribution in [3.8, 4) is 11.1 Å². The molecule has 0 atom stereocenters. The van der Waals surface area contributed by atoms with Gasteiger partial charge in [-0.25, -0.2) is 0 Å². The third-order valence-corrected chi connectivity index (χ3v) is 6.78. The van der Waals surface area contributed by atoms with Crippen LogP contribution >= 0.6 is 11.8 Å². The van der Waals surface area contributed by atoms with Crippen LogP contribution in [-0.2, 0) is 0 Å². The third kappa shape index (κ3) is 2.20. The maximum Gasteiger partial charge on any atom is 0.192 e. The fourth-order valence-electron chi connectivity index (χ4n) is 4.01. The first kappa shape index (κ1) is 14.1. The number of hydrogen-bond donors (Lipinski definition) is 0. The summed E-state index contributed by atoms with van der Waals surface area (Å²) in [6, 6.07) is 18.3. The van der Waals surface area contributed by atoms with E-state index >= 15 is 0 Å². The second-order valence-electron chi connectivity index (χ2n) is 7.39. The molecule has 0 amide bonds. The zero-order valence-corrected chi connectivity index (χ0v) is 14.7. The van der Waals surface area contributed by atoms with Gasteiger partial charge in [0.05, 0.1) is 5.25 Å². The van der Waals surface area contributed by atoms with Crippen LogP contribution in [-0.4, -0.2) is 14.8 Å². The van der Waals surface area contributed by atoms with Gasteiger partial charge in [-0.05, 0) is 47.9 Å². The second kappa shape index (κ2) is 5.21. The lowest BCUT2D eigenvalue weighted by molar-refractivity contribution is 0.626. The minimum atomic E-state index is 0.321. The van der Waals surface area contributed by atoms with Crippen LogP contribution in [0.25, 0.3) is 11.1 Å². The van der Waals surface area contributed by atoms with E-state index in [0.717, 1.165) is 5.16 Å². The number of benzene rings is 2. The van der Waals surface area contributed by atoms with Gasteiger partial charge in [-0.1, -0.05) is 60.3 Å². The molecule has 3 aliphatic rings. The van der Waals surface area contributed by atoms with E-state index in [9.17, 15) is 0 Å². The summed E-state index contributed by atoms with van der Waals surface area (Å²) in [5.74, 6) is 1.90.